The quantitative estimate of drug-likeness (QED) is 0.583. The number of hydrogen-bond donors (Lipinski definition) is 0. The topological polar surface area (TPSA) is 9.23 Å². The number of ether oxygens (including phenoxy) is 1. The molecule has 0 aliphatic rings. The fraction of sp³-hybridized carbons (Fsp3) is 0.333. The summed E-state index contributed by atoms with van der Waals surface area (Å²) in [6.07, 6.45) is -8.05. The first-order chi connectivity index (χ1) is 7.33. The van der Waals surface area contributed by atoms with Gasteiger partial charge < -0.3 is 4.74 Å². The van der Waals surface area contributed by atoms with E-state index in [0.717, 1.165) is 12.1 Å². The lowest BCUT2D eigenvalue weighted by Crippen LogP contribution is -2.18. The molecule has 0 unspecified atom stereocenters. The molecule has 1 nitrogen and oxygen atoms in total. The van der Waals surface area contributed by atoms with Crippen molar-refractivity contribution in [3.05, 3.63) is 29.3 Å². The van der Waals surface area contributed by atoms with Gasteiger partial charge >= 0.3 is 6.36 Å². The number of halogens is 6. The zero-order chi connectivity index (χ0) is 12.3. The summed E-state index contributed by atoms with van der Waals surface area (Å²) in [5.41, 5.74) is -0.545. The van der Waals surface area contributed by atoms with E-state index in [-0.39, 0.29) is 11.4 Å². The molecule has 0 saturated heterocycles. The van der Waals surface area contributed by atoms with Crippen LogP contribution in [0.1, 0.15) is 17.6 Å². The van der Waals surface area contributed by atoms with Crippen LogP contribution in [-0.4, -0.2) is 6.36 Å². The zero-order valence-electron chi connectivity index (χ0n) is 7.69. The van der Waals surface area contributed by atoms with E-state index in [2.05, 4.69) is 4.74 Å². The molecule has 0 aliphatic heterocycles. The molecular formula is C9H6ClF5O. The molecule has 0 amide bonds. The van der Waals surface area contributed by atoms with Crippen LogP contribution in [0.5, 0.6) is 5.75 Å². The van der Waals surface area contributed by atoms with Gasteiger partial charge in [0.25, 0.3) is 6.43 Å². The third-order valence-electron chi connectivity index (χ3n) is 1.69. The summed E-state index contributed by atoms with van der Waals surface area (Å²) in [6.45, 7) is 0. The SMILES string of the molecule is FC(F)c1ccc(CCl)cc1OC(F)(F)F. The maximum Gasteiger partial charge on any atom is 0.573 e. The number of alkyl halides is 6. The van der Waals surface area contributed by atoms with E-state index in [4.69, 9.17) is 11.6 Å². The van der Waals surface area contributed by atoms with E-state index in [1.807, 2.05) is 0 Å². The molecule has 0 aliphatic carbocycles. The van der Waals surface area contributed by atoms with E-state index in [1.54, 1.807) is 0 Å². The summed E-state index contributed by atoms with van der Waals surface area (Å²) in [6, 6.07) is 2.93. The van der Waals surface area contributed by atoms with Gasteiger partial charge in [-0.3, -0.25) is 0 Å². The van der Waals surface area contributed by atoms with Crippen molar-refractivity contribution in [3.8, 4) is 5.75 Å². The highest BCUT2D eigenvalue weighted by Gasteiger charge is 2.33. The molecule has 0 bridgehead atoms. The molecule has 90 valence electrons. The van der Waals surface area contributed by atoms with Crippen molar-refractivity contribution in [1.29, 1.82) is 0 Å². The maximum absolute atomic E-state index is 12.4. The van der Waals surface area contributed by atoms with Crippen molar-refractivity contribution in [2.45, 2.75) is 18.7 Å². The van der Waals surface area contributed by atoms with Crippen molar-refractivity contribution in [2.75, 3.05) is 0 Å². The second-order valence-corrected chi connectivity index (χ2v) is 3.12. The average Bonchev–Trinajstić information content (AvgIpc) is 2.14. The first-order valence-corrected chi connectivity index (χ1v) is 4.59. The number of benzene rings is 1. The van der Waals surface area contributed by atoms with Crippen LogP contribution >= 0.6 is 11.6 Å². The third kappa shape index (κ3) is 3.52. The minimum absolute atomic E-state index is 0.0856. The highest BCUT2D eigenvalue weighted by molar-refractivity contribution is 6.17. The van der Waals surface area contributed by atoms with Gasteiger partial charge in [-0.25, -0.2) is 8.78 Å². The van der Waals surface area contributed by atoms with Gasteiger partial charge in [0.05, 0.1) is 5.56 Å². The molecule has 0 aromatic heterocycles. The first kappa shape index (κ1) is 13.0. The minimum atomic E-state index is -5.01. The Morgan fingerprint density at radius 1 is 1.25 bits per heavy atom. The Balaban J connectivity index is 3.10. The van der Waals surface area contributed by atoms with Crippen LogP contribution in [0.25, 0.3) is 0 Å². The van der Waals surface area contributed by atoms with Crippen molar-refractivity contribution >= 4 is 11.6 Å². The highest BCUT2D eigenvalue weighted by Crippen LogP contribution is 2.33. The molecule has 0 radical (unpaired) electrons. The summed E-state index contributed by atoms with van der Waals surface area (Å²) in [5.74, 6) is -1.00. The van der Waals surface area contributed by atoms with Crippen LogP contribution in [-0.2, 0) is 5.88 Å². The van der Waals surface area contributed by atoms with E-state index >= 15 is 0 Å². The Bertz CT molecular complexity index is 363. The molecule has 0 atom stereocenters. The Kier molecular flexibility index (Phi) is 3.96. The second-order valence-electron chi connectivity index (χ2n) is 2.85. The molecule has 1 rings (SSSR count). The summed E-state index contributed by atoms with van der Waals surface area (Å²) < 4.78 is 64.0. The summed E-state index contributed by atoms with van der Waals surface area (Å²) in [7, 11) is 0. The van der Waals surface area contributed by atoms with E-state index < -0.39 is 24.1 Å². The van der Waals surface area contributed by atoms with Gasteiger partial charge in [0.1, 0.15) is 5.75 Å². The third-order valence-corrected chi connectivity index (χ3v) is 2.00. The second kappa shape index (κ2) is 4.86. The van der Waals surface area contributed by atoms with E-state index in [0.29, 0.717) is 0 Å². The summed E-state index contributed by atoms with van der Waals surface area (Å²) in [4.78, 5) is 0. The van der Waals surface area contributed by atoms with Gasteiger partial charge in [-0.15, -0.1) is 24.8 Å². The first-order valence-electron chi connectivity index (χ1n) is 4.06. The summed E-state index contributed by atoms with van der Waals surface area (Å²) in [5, 5.41) is 0. The lowest BCUT2D eigenvalue weighted by Gasteiger charge is -2.13. The van der Waals surface area contributed by atoms with Crippen molar-refractivity contribution in [1.82, 2.24) is 0 Å². The molecule has 16 heavy (non-hydrogen) atoms. The van der Waals surface area contributed by atoms with Crippen LogP contribution in [0.2, 0.25) is 0 Å². The van der Waals surface area contributed by atoms with Crippen LogP contribution in [0.15, 0.2) is 18.2 Å². The Morgan fingerprint density at radius 2 is 1.88 bits per heavy atom. The average molecular weight is 261 g/mol. The van der Waals surface area contributed by atoms with Crippen molar-refractivity contribution in [2.24, 2.45) is 0 Å². The van der Waals surface area contributed by atoms with Crippen LogP contribution in [0, 0.1) is 0 Å². The van der Waals surface area contributed by atoms with Gasteiger partial charge in [-0.1, -0.05) is 6.07 Å². The van der Waals surface area contributed by atoms with Crippen LogP contribution < -0.4 is 4.74 Å². The minimum Gasteiger partial charge on any atom is -0.405 e. The van der Waals surface area contributed by atoms with Gasteiger partial charge in [0.15, 0.2) is 0 Å². The highest BCUT2D eigenvalue weighted by atomic mass is 35.5. The van der Waals surface area contributed by atoms with Crippen LogP contribution in [0.3, 0.4) is 0 Å². The van der Waals surface area contributed by atoms with Crippen molar-refractivity contribution < 1.29 is 26.7 Å². The standard InChI is InChI=1S/C9H6ClF5O/c10-4-5-1-2-6(8(11)12)7(3-5)16-9(13,14)15/h1-3,8H,4H2. The molecule has 1 aromatic rings. The lowest BCUT2D eigenvalue weighted by molar-refractivity contribution is -0.275. The largest absolute Gasteiger partial charge is 0.573 e. The Morgan fingerprint density at radius 3 is 2.31 bits per heavy atom. The fourth-order valence-electron chi connectivity index (χ4n) is 1.06. The normalized spacial score (nSPS) is 11.9. The predicted octanol–water partition coefficient (Wildman–Crippen LogP) is 4.26. The Labute approximate surface area is 92.8 Å². The van der Waals surface area contributed by atoms with Gasteiger partial charge in [-0.2, -0.15) is 0 Å². The molecule has 7 heteroatoms. The zero-order valence-corrected chi connectivity index (χ0v) is 8.45. The Hall–Kier alpha value is -1.04. The molecule has 0 heterocycles. The molecule has 0 spiro atoms. The fourth-order valence-corrected chi connectivity index (χ4v) is 1.22. The lowest BCUT2D eigenvalue weighted by atomic mass is 10.1. The maximum atomic E-state index is 12.4. The summed E-state index contributed by atoms with van der Waals surface area (Å²) >= 11 is 5.38. The van der Waals surface area contributed by atoms with Crippen LogP contribution in [0.4, 0.5) is 22.0 Å². The number of hydrogen-bond acceptors (Lipinski definition) is 1. The molecule has 0 saturated carbocycles. The number of rotatable bonds is 3. The van der Waals surface area contributed by atoms with Gasteiger partial charge in [-0.05, 0) is 17.7 Å². The molecule has 0 N–H and O–H groups in total. The predicted molar refractivity (Wildman–Crippen MR) is 47.6 cm³/mol. The van der Waals surface area contributed by atoms with E-state index in [1.165, 1.54) is 6.07 Å². The monoisotopic (exact) mass is 260 g/mol. The molecule has 1 aromatic carbocycles. The molecule has 0 fully saturated rings. The smallest absolute Gasteiger partial charge is 0.405 e. The van der Waals surface area contributed by atoms with E-state index in [9.17, 15) is 22.0 Å². The van der Waals surface area contributed by atoms with Gasteiger partial charge in [0.2, 0.25) is 0 Å². The van der Waals surface area contributed by atoms with Crippen molar-refractivity contribution in [3.63, 3.8) is 0 Å². The van der Waals surface area contributed by atoms with Gasteiger partial charge in [0, 0.05) is 5.88 Å². The molecular weight excluding hydrogens is 255 g/mol.